The largest absolute Gasteiger partial charge is 0.435 e. The number of aromatic nitrogens is 3. The van der Waals surface area contributed by atoms with Gasteiger partial charge in [-0.05, 0) is 56.4 Å². The van der Waals surface area contributed by atoms with Gasteiger partial charge in [-0.3, -0.25) is 9.59 Å². The molecule has 38 heavy (non-hydrogen) atoms. The molecule has 2 amide bonds. The summed E-state index contributed by atoms with van der Waals surface area (Å²) in [7, 11) is 3.51. The molecule has 1 fully saturated rings. The monoisotopic (exact) mass is 517 g/mol. The Labute approximate surface area is 218 Å². The number of aryl methyl sites for hydroxylation is 1. The van der Waals surface area contributed by atoms with E-state index in [2.05, 4.69) is 30.5 Å². The highest BCUT2D eigenvalue weighted by atomic mass is 19.1. The van der Waals surface area contributed by atoms with E-state index < -0.39 is 11.7 Å². The van der Waals surface area contributed by atoms with Gasteiger partial charge in [0.05, 0.1) is 0 Å². The Hall–Kier alpha value is -4.51. The number of carbonyl (C=O) groups excluding carboxylic acids is 2. The Bertz CT molecular complexity index is 1490. The molecule has 1 saturated heterocycles. The van der Waals surface area contributed by atoms with Crippen LogP contribution in [0.1, 0.15) is 26.4 Å². The number of halogens is 1. The minimum atomic E-state index is -0.566. The number of hydrogen-bond acceptors (Lipinski definition) is 7. The van der Waals surface area contributed by atoms with Gasteiger partial charge in [-0.15, -0.1) is 0 Å². The number of likely N-dealkylation sites (N-methyl/N-ethyl adjacent to an activating group) is 1. The lowest BCUT2D eigenvalue weighted by atomic mass is 10.1. The molecule has 0 spiro atoms. The van der Waals surface area contributed by atoms with Gasteiger partial charge in [-0.1, -0.05) is 0 Å². The number of amides is 2. The number of fused-ring (bicyclic) bond motifs is 1. The van der Waals surface area contributed by atoms with E-state index in [4.69, 9.17) is 4.74 Å². The molecule has 0 saturated carbocycles. The van der Waals surface area contributed by atoms with Gasteiger partial charge in [-0.25, -0.2) is 14.4 Å². The fourth-order valence-corrected chi connectivity index (χ4v) is 4.37. The van der Waals surface area contributed by atoms with Crippen molar-refractivity contribution in [1.29, 1.82) is 0 Å². The highest BCUT2D eigenvalue weighted by molar-refractivity contribution is 6.01. The molecule has 0 radical (unpaired) electrons. The van der Waals surface area contributed by atoms with Gasteiger partial charge in [0.25, 0.3) is 11.8 Å². The van der Waals surface area contributed by atoms with Crippen LogP contribution in [0.2, 0.25) is 0 Å². The van der Waals surface area contributed by atoms with E-state index in [0.717, 1.165) is 18.8 Å². The van der Waals surface area contributed by atoms with Crippen molar-refractivity contribution < 1.29 is 18.7 Å². The van der Waals surface area contributed by atoms with Gasteiger partial charge in [-0.2, -0.15) is 0 Å². The molecule has 0 atom stereocenters. The Morgan fingerprint density at radius 3 is 2.50 bits per heavy atom. The minimum Gasteiger partial charge on any atom is -0.435 e. The summed E-state index contributed by atoms with van der Waals surface area (Å²) in [5, 5.41) is 6.02. The quantitative estimate of drug-likeness (QED) is 0.357. The lowest BCUT2D eigenvalue weighted by molar-refractivity contribution is 0.0664. The van der Waals surface area contributed by atoms with Crippen molar-refractivity contribution in [3.8, 4) is 11.6 Å². The first-order valence-electron chi connectivity index (χ1n) is 12.2. The molecule has 5 rings (SSSR count). The van der Waals surface area contributed by atoms with Gasteiger partial charge in [0.1, 0.15) is 11.9 Å². The molecule has 0 aliphatic carbocycles. The average molecular weight is 518 g/mol. The number of H-pyrrole nitrogens is 1. The maximum atomic E-state index is 15.1. The number of nitrogens with one attached hydrogen (secondary N) is 3. The first-order valence-corrected chi connectivity index (χ1v) is 12.2. The molecule has 2 aromatic carbocycles. The lowest BCUT2D eigenvalue weighted by Gasteiger charge is -2.32. The normalized spacial score (nSPS) is 13.9. The van der Waals surface area contributed by atoms with E-state index in [1.807, 2.05) is 18.9 Å². The molecule has 2 aromatic heterocycles. The lowest BCUT2D eigenvalue weighted by Crippen LogP contribution is -2.47. The number of aromatic amines is 1. The summed E-state index contributed by atoms with van der Waals surface area (Å²) in [6.45, 7) is 4.89. The van der Waals surface area contributed by atoms with E-state index in [1.54, 1.807) is 36.4 Å². The summed E-state index contributed by atoms with van der Waals surface area (Å²) in [6.07, 6.45) is 1.23. The molecule has 196 valence electrons. The van der Waals surface area contributed by atoms with E-state index in [0.29, 0.717) is 35.2 Å². The molecule has 0 unspecified atom stereocenters. The summed E-state index contributed by atoms with van der Waals surface area (Å²) >= 11 is 0. The third kappa shape index (κ3) is 5.00. The van der Waals surface area contributed by atoms with Crippen molar-refractivity contribution in [3.05, 3.63) is 71.4 Å². The Kier molecular flexibility index (Phi) is 6.93. The number of benzene rings is 2. The van der Waals surface area contributed by atoms with E-state index in [1.165, 1.54) is 19.4 Å². The number of hydrogen-bond donors (Lipinski definition) is 3. The van der Waals surface area contributed by atoms with Crippen molar-refractivity contribution in [3.63, 3.8) is 0 Å². The predicted molar refractivity (Wildman–Crippen MR) is 142 cm³/mol. The van der Waals surface area contributed by atoms with Gasteiger partial charge in [0, 0.05) is 61.1 Å². The van der Waals surface area contributed by atoms with Crippen LogP contribution in [0.3, 0.4) is 0 Å². The third-order valence-electron chi connectivity index (χ3n) is 6.50. The first-order chi connectivity index (χ1) is 18.3. The van der Waals surface area contributed by atoms with Crippen LogP contribution in [-0.2, 0) is 0 Å². The van der Waals surface area contributed by atoms with Crippen molar-refractivity contribution in [2.45, 2.75) is 6.92 Å². The van der Waals surface area contributed by atoms with Crippen LogP contribution in [0.5, 0.6) is 11.6 Å². The minimum absolute atomic E-state index is 0.0114. The topological polar surface area (TPSA) is 115 Å². The van der Waals surface area contributed by atoms with Crippen LogP contribution >= 0.6 is 0 Å². The third-order valence-corrected chi connectivity index (χ3v) is 6.50. The summed E-state index contributed by atoms with van der Waals surface area (Å²) in [4.78, 5) is 41.1. The Morgan fingerprint density at radius 2 is 1.79 bits per heavy atom. The van der Waals surface area contributed by atoms with E-state index >= 15 is 4.39 Å². The molecule has 4 aromatic rings. The second-order valence-electron chi connectivity index (χ2n) is 9.17. The first kappa shape index (κ1) is 25.2. The van der Waals surface area contributed by atoms with Gasteiger partial charge < -0.3 is 30.2 Å². The van der Waals surface area contributed by atoms with Crippen LogP contribution in [-0.4, -0.2) is 76.8 Å². The molecule has 1 aliphatic rings. The second-order valence-corrected chi connectivity index (χ2v) is 9.17. The van der Waals surface area contributed by atoms with Crippen LogP contribution in [0.4, 0.5) is 15.9 Å². The highest BCUT2D eigenvalue weighted by Gasteiger charge is 2.23. The molecule has 3 heterocycles. The number of rotatable bonds is 6. The van der Waals surface area contributed by atoms with Crippen LogP contribution in [0, 0.1) is 12.7 Å². The number of anilines is 2. The molecule has 0 bridgehead atoms. The number of ether oxygens (including phenoxy) is 1. The molecule has 3 N–H and O–H groups in total. The van der Waals surface area contributed by atoms with Crippen LogP contribution in [0.25, 0.3) is 10.9 Å². The molecule has 11 heteroatoms. The maximum absolute atomic E-state index is 15.1. The SMILES string of the molecule is CNC(=O)c1c(Nc2ccc(C(=O)N3CCN(C)CC3)cc2)ncnc1Oc1ccc2[nH]c(C)cc2c1F. The fraction of sp³-hybridized carbons (Fsp3) is 0.259. The van der Waals surface area contributed by atoms with E-state index in [9.17, 15) is 9.59 Å². The maximum Gasteiger partial charge on any atom is 0.260 e. The predicted octanol–water partition coefficient (Wildman–Crippen LogP) is 3.69. The zero-order chi connectivity index (χ0) is 26.8. The van der Waals surface area contributed by atoms with Crippen molar-refractivity contribution >= 4 is 34.2 Å². The standard InChI is InChI=1S/C27H28FN7O3/c1-16-14-19-20(32-16)8-9-21(23(19)28)38-26-22(25(36)29-2)24(30-15-31-26)33-18-6-4-17(5-7-18)27(37)35-12-10-34(3)11-13-35/h4-9,14-15,32H,10-13H2,1-3H3,(H,29,36)(H,30,31,33). The van der Waals surface area contributed by atoms with Gasteiger partial charge in [0.15, 0.2) is 17.4 Å². The van der Waals surface area contributed by atoms with Crippen LogP contribution in [0.15, 0.2) is 48.8 Å². The number of piperazine rings is 1. The average Bonchev–Trinajstić information content (AvgIpc) is 3.31. The van der Waals surface area contributed by atoms with Gasteiger partial charge >= 0.3 is 0 Å². The summed E-state index contributed by atoms with van der Waals surface area (Å²) < 4.78 is 20.9. The number of carbonyl (C=O) groups is 2. The summed E-state index contributed by atoms with van der Waals surface area (Å²) in [5.74, 6) is -1.10. The fourth-order valence-electron chi connectivity index (χ4n) is 4.37. The van der Waals surface area contributed by atoms with Crippen LogP contribution < -0.4 is 15.4 Å². The number of nitrogens with zero attached hydrogens (tertiary/aromatic N) is 4. The molecular weight excluding hydrogens is 489 g/mol. The van der Waals surface area contributed by atoms with Crippen molar-refractivity contribution in [1.82, 2.24) is 30.1 Å². The molecular formula is C27H28FN7O3. The molecule has 10 nitrogen and oxygen atoms in total. The Morgan fingerprint density at radius 1 is 1.05 bits per heavy atom. The Balaban J connectivity index is 1.40. The zero-order valence-electron chi connectivity index (χ0n) is 21.3. The van der Waals surface area contributed by atoms with E-state index in [-0.39, 0.29) is 28.9 Å². The summed E-state index contributed by atoms with van der Waals surface area (Å²) in [6, 6.07) is 11.8. The van der Waals surface area contributed by atoms with Crippen molar-refractivity contribution in [2.75, 3.05) is 45.6 Å². The van der Waals surface area contributed by atoms with Crippen molar-refractivity contribution in [2.24, 2.45) is 0 Å². The highest BCUT2D eigenvalue weighted by Crippen LogP contribution is 2.33. The summed E-state index contributed by atoms with van der Waals surface area (Å²) in [5.41, 5.74) is 2.64. The van der Waals surface area contributed by atoms with Gasteiger partial charge in [0.2, 0.25) is 5.88 Å². The second kappa shape index (κ2) is 10.5. The smallest absolute Gasteiger partial charge is 0.260 e. The molecule has 1 aliphatic heterocycles. The zero-order valence-corrected chi connectivity index (χ0v) is 21.3.